The van der Waals surface area contributed by atoms with Gasteiger partial charge in [0.15, 0.2) is 16.5 Å². The van der Waals surface area contributed by atoms with Gasteiger partial charge in [-0.15, -0.1) is 8.78 Å². The molecule has 0 unspecified atom stereocenters. The van der Waals surface area contributed by atoms with E-state index in [0.717, 1.165) is 12.3 Å². The van der Waals surface area contributed by atoms with Gasteiger partial charge in [-0.3, -0.25) is 4.72 Å². The first-order valence-corrected chi connectivity index (χ1v) is 7.18. The molecule has 1 aromatic carbocycles. The Kier molecular flexibility index (Phi) is 2.80. The number of sulfonamides is 1. The highest BCUT2D eigenvalue weighted by Gasteiger charge is 2.43. The lowest BCUT2D eigenvalue weighted by Crippen LogP contribution is -2.25. The van der Waals surface area contributed by atoms with E-state index in [9.17, 15) is 17.2 Å². The summed E-state index contributed by atoms with van der Waals surface area (Å²) in [5.41, 5.74) is 0.0577. The number of ether oxygens (including phenoxy) is 2. The summed E-state index contributed by atoms with van der Waals surface area (Å²) >= 11 is 0. The Labute approximate surface area is 118 Å². The Morgan fingerprint density at radius 1 is 1.29 bits per heavy atom. The molecule has 2 aromatic rings. The van der Waals surface area contributed by atoms with E-state index in [4.69, 9.17) is 0 Å². The van der Waals surface area contributed by atoms with Crippen molar-refractivity contribution in [3.63, 3.8) is 0 Å². The van der Waals surface area contributed by atoms with Crippen molar-refractivity contribution in [2.75, 3.05) is 4.72 Å². The summed E-state index contributed by atoms with van der Waals surface area (Å²) < 4.78 is 60.5. The van der Waals surface area contributed by atoms with Gasteiger partial charge in [0.2, 0.25) is 0 Å². The molecule has 0 atom stereocenters. The molecule has 2 N–H and O–H groups in total. The summed E-state index contributed by atoms with van der Waals surface area (Å²) in [7, 11) is -3.89. The van der Waals surface area contributed by atoms with Crippen molar-refractivity contribution in [3.05, 3.63) is 30.2 Å². The summed E-state index contributed by atoms with van der Waals surface area (Å²) in [4.78, 5) is 6.35. The van der Waals surface area contributed by atoms with Crippen molar-refractivity contribution < 1.29 is 26.7 Å². The highest BCUT2D eigenvalue weighted by molar-refractivity contribution is 7.92. The summed E-state index contributed by atoms with van der Waals surface area (Å²) in [6.45, 7) is 1.60. The quantitative estimate of drug-likeness (QED) is 0.901. The molecule has 0 saturated carbocycles. The molecule has 0 bridgehead atoms. The van der Waals surface area contributed by atoms with Gasteiger partial charge in [-0.05, 0) is 19.1 Å². The number of nitrogens with zero attached hydrogens (tertiary/aromatic N) is 1. The molecule has 0 radical (unpaired) electrons. The predicted molar refractivity (Wildman–Crippen MR) is 66.8 cm³/mol. The number of benzene rings is 1. The molecule has 3 rings (SSSR count). The second-order valence-corrected chi connectivity index (χ2v) is 5.92. The molecule has 21 heavy (non-hydrogen) atoms. The van der Waals surface area contributed by atoms with Crippen LogP contribution in [0.3, 0.4) is 0 Å². The van der Waals surface area contributed by atoms with E-state index in [2.05, 4.69) is 24.2 Å². The second kappa shape index (κ2) is 4.32. The van der Waals surface area contributed by atoms with E-state index in [1.54, 1.807) is 6.92 Å². The fraction of sp³-hybridized carbons (Fsp3) is 0.182. The maximum atomic E-state index is 12.9. The van der Waals surface area contributed by atoms with Gasteiger partial charge in [-0.25, -0.2) is 4.98 Å². The van der Waals surface area contributed by atoms with Crippen molar-refractivity contribution in [2.24, 2.45) is 0 Å². The minimum atomic E-state index is -3.89. The number of rotatable bonds is 3. The monoisotopic (exact) mass is 317 g/mol. The summed E-state index contributed by atoms with van der Waals surface area (Å²) in [6, 6.07) is 3.58. The standard InChI is InChI=1S/C11H9F2N3O4S/c1-6-14-5-10(15-6)21(17,18)16-7-2-3-8-9(4-7)20-11(12,13)19-8/h2-5,16H,1H3,(H,14,15). The number of H-pyrrole nitrogens is 1. The van der Waals surface area contributed by atoms with Gasteiger partial charge in [0.1, 0.15) is 5.82 Å². The molecule has 0 spiro atoms. The van der Waals surface area contributed by atoms with Crippen molar-refractivity contribution in [2.45, 2.75) is 18.2 Å². The second-order valence-electron chi connectivity index (χ2n) is 4.27. The Morgan fingerprint density at radius 3 is 2.67 bits per heavy atom. The summed E-state index contributed by atoms with van der Waals surface area (Å²) in [6.07, 6.45) is -2.60. The minimum Gasteiger partial charge on any atom is -0.395 e. The third-order valence-electron chi connectivity index (χ3n) is 2.62. The molecule has 1 aliphatic heterocycles. The van der Waals surface area contributed by atoms with Gasteiger partial charge in [0.05, 0.1) is 11.9 Å². The van der Waals surface area contributed by atoms with Crippen LogP contribution in [0.2, 0.25) is 0 Å². The summed E-state index contributed by atoms with van der Waals surface area (Å²) in [5.74, 6) is 0.0158. The number of fused-ring (bicyclic) bond motifs is 1. The van der Waals surface area contributed by atoms with E-state index in [1.807, 2.05) is 0 Å². The van der Waals surface area contributed by atoms with Crippen LogP contribution >= 0.6 is 0 Å². The average Bonchev–Trinajstić information content (AvgIpc) is 2.90. The molecule has 1 aromatic heterocycles. The number of alkyl halides is 2. The fourth-order valence-electron chi connectivity index (χ4n) is 1.76. The van der Waals surface area contributed by atoms with Crippen molar-refractivity contribution in [1.82, 2.24) is 9.97 Å². The largest absolute Gasteiger partial charge is 0.586 e. The fourth-order valence-corrected chi connectivity index (χ4v) is 2.78. The van der Waals surface area contributed by atoms with Crippen molar-refractivity contribution in [3.8, 4) is 11.5 Å². The third-order valence-corrected chi connectivity index (χ3v) is 3.91. The van der Waals surface area contributed by atoms with Gasteiger partial charge in [0, 0.05) is 6.07 Å². The first kappa shape index (κ1) is 13.6. The maximum absolute atomic E-state index is 12.9. The first-order chi connectivity index (χ1) is 9.75. The third kappa shape index (κ3) is 2.61. The molecule has 0 fully saturated rings. The zero-order valence-corrected chi connectivity index (χ0v) is 11.4. The zero-order valence-electron chi connectivity index (χ0n) is 10.6. The minimum absolute atomic E-state index is 0.0577. The number of imidazole rings is 1. The van der Waals surface area contributed by atoms with E-state index in [-0.39, 0.29) is 22.2 Å². The molecule has 2 heterocycles. The van der Waals surface area contributed by atoms with Gasteiger partial charge >= 0.3 is 6.29 Å². The zero-order chi connectivity index (χ0) is 15.3. The Hall–Kier alpha value is -2.36. The van der Waals surface area contributed by atoms with Crippen LogP contribution in [-0.4, -0.2) is 24.7 Å². The predicted octanol–water partition coefficient (Wildman–Crippen LogP) is 1.84. The van der Waals surface area contributed by atoms with Crippen LogP contribution in [0.1, 0.15) is 5.82 Å². The average molecular weight is 317 g/mol. The number of nitrogens with one attached hydrogen (secondary N) is 2. The van der Waals surface area contributed by atoms with Crippen molar-refractivity contribution in [1.29, 1.82) is 0 Å². The van der Waals surface area contributed by atoms with E-state index < -0.39 is 16.3 Å². The van der Waals surface area contributed by atoms with Crippen LogP contribution in [0.15, 0.2) is 29.4 Å². The molecule has 0 amide bonds. The SMILES string of the molecule is Cc1ncc(S(=O)(=O)Nc2ccc3c(c2)OC(F)(F)O3)[nH]1. The number of aromatic amines is 1. The molecule has 7 nitrogen and oxygen atoms in total. The molecular weight excluding hydrogens is 308 g/mol. The number of hydrogen-bond donors (Lipinski definition) is 2. The molecule has 10 heteroatoms. The number of aromatic nitrogens is 2. The molecule has 0 aliphatic carbocycles. The van der Waals surface area contributed by atoms with Crippen LogP contribution in [0.5, 0.6) is 11.5 Å². The van der Waals surface area contributed by atoms with Gasteiger partial charge in [-0.2, -0.15) is 8.42 Å². The van der Waals surface area contributed by atoms with E-state index in [1.165, 1.54) is 12.1 Å². The van der Waals surface area contributed by atoms with Crippen molar-refractivity contribution >= 4 is 15.7 Å². The molecular formula is C11H9F2N3O4S. The number of anilines is 1. The lowest BCUT2D eigenvalue weighted by atomic mass is 10.3. The normalized spacial score (nSPS) is 16.0. The Morgan fingerprint density at radius 2 is 2.00 bits per heavy atom. The lowest BCUT2D eigenvalue weighted by Gasteiger charge is -2.06. The van der Waals surface area contributed by atoms with Gasteiger partial charge < -0.3 is 14.5 Å². The van der Waals surface area contributed by atoms with Crippen LogP contribution in [0.25, 0.3) is 0 Å². The summed E-state index contributed by atoms with van der Waals surface area (Å²) in [5, 5.41) is -0.136. The van der Waals surface area contributed by atoms with Gasteiger partial charge in [0.25, 0.3) is 10.0 Å². The van der Waals surface area contributed by atoms with E-state index >= 15 is 0 Å². The Bertz CT molecular complexity index is 804. The topological polar surface area (TPSA) is 93.3 Å². The number of aryl methyl sites for hydroxylation is 1. The molecule has 112 valence electrons. The number of halogens is 2. The van der Waals surface area contributed by atoms with Crippen LogP contribution in [0.4, 0.5) is 14.5 Å². The highest BCUT2D eigenvalue weighted by atomic mass is 32.2. The first-order valence-electron chi connectivity index (χ1n) is 5.69. The van der Waals surface area contributed by atoms with Crippen LogP contribution < -0.4 is 14.2 Å². The van der Waals surface area contributed by atoms with Crippen LogP contribution in [-0.2, 0) is 10.0 Å². The lowest BCUT2D eigenvalue weighted by molar-refractivity contribution is -0.286. The molecule has 1 aliphatic rings. The van der Waals surface area contributed by atoms with E-state index in [0.29, 0.717) is 5.82 Å². The Balaban J connectivity index is 1.87. The molecule has 0 saturated heterocycles. The smallest absolute Gasteiger partial charge is 0.395 e. The van der Waals surface area contributed by atoms with Crippen LogP contribution in [0, 0.1) is 6.92 Å². The highest BCUT2D eigenvalue weighted by Crippen LogP contribution is 2.42. The number of hydrogen-bond acceptors (Lipinski definition) is 5. The van der Waals surface area contributed by atoms with Gasteiger partial charge in [-0.1, -0.05) is 0 Å². The maximum Gasteiger partial charge on any atom is 0.586 e.